The molecule has 0 aromatic carbocycles. The van der Waals surface area contributed by atoms with E-state index in [1.807, 2.05) is 0 Å². The smallest absolute Gasteiger partial charge is 0.293 e. The second kappa shape index (κ2) is 4.54. The molecule has 1 aliphatic heterocycles. The molecule has 0 unspecified atom stereocenters. The summed E-state index contributed by atoms with van der Waals surface area (Å²) >= 11 is 0. The monoisotopic (exact) mass is 169 g/mol. The van der Waals surface area contributed by atoms with E-state index in [0.29, 0.717) is 13.0 Å². The van der Waals surface area contributed by atoms with Crippen LogP contribution in [0.5, 0.6) is 0 Å². The molecule has 1 rings (SSSR count). The molecule has 0 aromatic heterocycles. The van der Waals surface area contributed by atoms with Gasteiger partial charge in [-0.1, -0.05) is 0 Å². The van der Waals surface area contributed by atoms with E-state index in [0.717, 1.165) is 18.4 Å². The lowest BCUT2D eigenvalue weighted by molar-refractivity contribution is -0.128. The van der Waals surface area contributed by atoms with Crippen molar-refractivity contribution in [1.82, 2.24) is 5.32 Å². The Morgan fingerprint density at radius 3 is 3.25 bits per heavy atom. The molecule has 4 nitrogen and oxygen atoms in total. The first kappa shape index (κ1) is 8.77. The zero-order valence-electron chi connectivity index (χ0n) is 6.71. The lowest BCUT2D eigenvalue weighted by Crippen LogP contribution is -2.20. The summed E-state index contributed by atoms with van der Waals surface area (Å²) in [6, 6.07) is 0. The number of hydrogen-bond acceptors (Lipinski definition) is 3. The fourth-order valence-electron chi connectivity index (χ4n) is 1.09. The molecule has 0 bridgehead atoms. The van der Waals surface area contributed by atoms with Crippen LogP contribution in [0.2, 0.25) is 0 Å². The second-order valence-corrected chi connectivity index (χ2v) is 2.60. The van der Waals surface area contributed by atoms with Gasteiger partial charge >= 0.3 is 0 Å². The minimum atomic E-state index is -0.100. The zero-order chi connectivity index (χ0) is 8.81. The molecule has 0 spiro atoms. The fraction of sp³-hybridized carbons (Fsp3) is 0.500. The van der Waals surface area contributed by atoms with Gasteiger partial charge in [0.25, 0.3) is 6.47 Å². The number of carbonyl (C=O) groups excluding carboxylic acids is 2. The lowest BCUT2D eigenvalue weighted by Gasteiger charge is -2.00. The number of hydrogen-bond donors (Lipinski definition) is 1. The van der Waals surface area contributed by atoms with Crippen molar-refractivity contribution < 1.29 is 14.3 Å². The molecule has 1 heterocycles. The van der Waals surface area contributed by atoms with E-state index in [9.17, 15) is 9.59 Å². The van der Waals surface area contributed by atoms with Gasteiger partial charge in [0.15, 0.2) is 0 Å². The van der Waals surface area contributed by atoms with Crippen molar-refractivity contribution in [3.63, 3.8) is 0 Å². The molecule has 0 aromatic rings. The zero-order valence-corrected chi connectivity index (χ0v) is 6.71. The number of carbonyl (C=O) groups is 2. The van der Waals surface area contributed by atoms with Gasteiger partial charge in [-0.3, -0.25) is 9.59 Å². The summed E-state index contributed by atoms with van der Waals surface area (Å²) in [6.07, 6.45) is 3.21. The largest absolute Gasteiger partial charge is 0.463 e. The minimum absolute atomic E-state index is 0.100. The molecule has 0 atom stereocenters. The highest BCUT2D eigenvalue weighted by atomic mass is 16.5. The molecule has 66 valence electrons. The van der Waals surface area contributed by atoms with E-state index in [4.69, 9.17) is 0 Å². The van der Waals surface area contributed by atoms with Crippen LogP contribution in [-0.4, -0.2) is 25.5 Å². The number of ether oxygens (including phenoxy) is 1. The first-order chi connectivity index (χ1) is 5.83. The van der Waals surface area contributed by atoms with Crippen LogP contribution in [0.1, 0.15) is 12.8 Å². The first-order valence-corrected chi connectivity index (χ1v) is 3.85. The Balaban J connectivity index is 2.47. The summed E-state index contributed by atoms with van der Waals surface area (Å²) in [7, 11) is 0. The quantitative estimate of drug-likeness (QED) is 0.605. The molecule has 1 aliphatic rings. The van der Waals surface area contributed by atoms with E-state index in [1.54, 1.807) is 0 Å². The van der Waals surface area contributed by atoms with E-state index >= 15 is 0 Å². The Morgan fingerprint density at radius 2 is 2.50 bits per heavy atom. The van der Waals surface area contributed by atoms with Crippen LogP contribution < -0.4 is 5.32 Å². The molecule has 4 heteroatoms. The lowest BCUT2D eigenvalue weighted by atomic mass is 10.1. The second-order valence-electron chi connectivity index (χ2n) is 2.60. The number of amides is 1. The maximum Gasteiger partial charge on any atom is 0.293 e. The van der Waals surface area contributed by atoms with E-state index in [-0.39, 0.29) is 12.5 Å². The molecule has 1 amide bonds. The van der Waals surface area contributed by atoms with Crippen molar-refractivity contribution in [2.45, 2.75) is 12.8 Å². The minimum Gasteiger partial charge on any atom is -0.463 e. The Bertz CT molecular complexity index is 210. The van der Waals surface area contributed by atoms with Crippen molar-refractivity contribution in [3.05, 3.63) is 11.6 Å². The van der Waals surface area contributed by atoms with Crippen LogP contribution in [0.4, 0.5) is 0 Å². The van der Waals surface area contributed by atoms with Crippen LogP contribution in [0.15, 0.2) is 11.6 Å². The van der Waals surface area contributed by atoms with Gasteiger partial charge in [-0.15, -0.1) is 0 Å². The molecule has 0 radical (unpaired) electrons. The van der Waals surface area contributed by atoms with Gasteiger partial charge in [-0.25, -0.2) is 0 Å². The van der Waals surface area contributed by atoms with Crippen molar-refractivity contribution in [2.75, 3.05) is 13.2 Å². The molecular weight excluding hydrogens is 158 g/mol. The highest BCUT2D eigenvalue weighted by Crippen LogP contribution is 2.07. The van der Waals surface area contributed by atoms with Crippen molar-refractivity contribution in [2.24, 2.45) is 0 Å². The molecule has 0 aliphatic carbocycles. The molecule has 0 fully saturated rings. The van der Waals surface area contributed by atoms with E-state index in [2.05, 4.69) is 10.1 Å². The van der Waals surface area contributed by atoms with Crippen LogP contribution in [0.25, 0.3) is 0 Å². The third kappa shape index (κ3) is 2.74. The van der Waals surface area contributed by atoms with E-state index in [1.165, 1.54) is 6.08 Å². The summed E-state index contributed by atoms with van der Waals surface area (Å²) in [6.45, 7) is 1.32. The average molecular weight is 169 g/mol. The van der Waals surface area contributed by atoms with Crippen LogP contribution >= 0.6 is 0 Å². The van der Waals surface area contributed by atoms with Crippen LogP contribution in [0.3, 0.4) is 0 Å². The maximum absolute atomic E-state index is 10.9. The van der Waals surface area contributed by atoms with Crippen LogP contribution in [0, 0.1) is 0 Å². The highest BCUT2D eigenvalue weighted by Gasteiger charge is 2.06. The van der Waals surface area contributed by atoms with Gasteiger partial charge in [-0.05, 0) is 18.4 Å². The van der Waals surface area contributed by atoms with Crippen molar-refractivity contribution in [1.29, 1.82) is 0 Å². The molecule has 0 saturated heterocycles. The van der Waals surface area contributed by atoms with Gasteiger partial charge < -0.3 is 10.1 Å². The van der Waals surface area contributed by atoms with Gasteiger partial charge in [-0.2, -0.15) is 0 Å². The SMILES string of the molecule is O=COCC1=CC(=O)NCCC1. The fourth-order valence-corrected chi connectivity index (χ4v) is 1.09. The van der Waals surface area contributed by atoms with Gasteiger partial charge in [0, 0.05) is 12.6 Å². The first-order valence-electron chi connectivity index (χ1n) is 3.85. The summed E-state index contributed by atoms with van der Waals surface area (Å²) in [5.41, 5.74) is 0.872. The highest BCUT2D eigenvalue weighted by molar-refractivity contribution is 5.88. The van der Waals surface area contributed by atoms with Gasteiger partial charge in [0.1, 0.15) is 6.61 Å². The van der Waals surface area contributed by atoms with Crippen molar-refractivity contribution in [3.8, 4) is 0 Å². The predicted molar refractivity (Wildman–Crippen MR) is 42.3 cm³/mol. The van der Waals surface area contributed by atoms with Crippen molar-refractivity contribution >= 4 is 12.4 Å². The molecule has 1 N–H and O–H groups in total. The Kier molecular flexibility index (Phi) is 3.32. The summed E-state index contributed by atoms with van der Waals surface area (Å²) < 4.78 is 4.55. The summed E-state index contributed by atoms with van der Waals surface area (Å²) in [5.74, 6) is -0.100. The average Bonchev–Trinajstić information content (AvgIpc) is 2.26. The summed E-state index contributed by atoms with van der Waals surface area (Å²) in [5, 5.41) is 2.69. The Labute approximate surface area is 70.6 Å². The van der Waals surface area contributed by atoms with Crippen LogP contribution in [-0.2, 0) is 14.3 Å². The number of rotatable bonds is 3. The topological polar surface area (TPSA) is 55.4 Å². The third-order valence-electron chi connectivity index (χ3n) is 1.65. The Hall–Kier alpha value is -1.32. The summed E-state index contributed by atoms with van der Waals surface area (Å²) in [4.78, 5) is 20.8. The standard InChI is InChI=1S/C8H11NO3/c10-6-12-5-7-2-1-3-9-8(11)4-7/h4,6H,1-3,5H2,(H,9,11). The van der Waals surface area contributed by atoms with Gasteiger partial charge in [0.2, 0.25) is 5.91 Å². The molecule has 0 saturated carbocycles. The predicted octanol–water partition coefficient (Wildman–Crippen LogP) is -0.00420. The maximum atomic E-state index is 10.9. The molecule has 12 heavy (non-hydrogen) atoms. The number of nitrogens with one attached hydrogen (secondary N) is 1. The van der Waals surface area contributed by atoms with Gasteiger partial charge in [0.05, 0.1) is 0 Å². The molecular formula is C8H11NO3. The normalized spacial score (nSPS) is 17.3. The third-order valence-corrected chi connectivity index (χ3v) is 1.65. The van der Waals surface area contributed by atoms with E-state index < -0.39 is 0 Å². The Morgan fingerprint density at radius 1 is 1.67 bits per heavy atom.